The summed E-state index contributed by atoms with van der Waals surface area (Å²) in [6.45, 7) is 0. The first kappa shape index (κ1) is 10.3. The van der Waals surface area contributed by atoms with Crippen LogP contribution in [0.3, 0.4) is 0 Å². The lowest BCUT2D eigenvalue weighted by molar-refractivity contribution is 1.40. The summed E-state index contributed by atoms with van der Waals surface area (Å²) >= 11 is 0. The van der Waals surface area contributed by atoms with Gasteiger partial charge in [0.2, 0.25) is 4.70 Å². The van der Waals surface area contributed by atoms with E-state index in [0.29, 0.717) is 0 Å². The molecule has 17 heavy (non-hydrogen) atoms. The highest BCUT2D eigenvalue weighted by molar-refractivity contribution is 7.39. The van der Waals surface area contributed by atoms with Crippen LogP contribution in [0.5, 0.6) is 0 Å². The summed E-state index contributed by atoms with van der Waals surface area (Å²) in [6.07, 6.45) is 0. The molecule has 1 heterocycles. The number of aromatic nitrogens is 1. The molecule has 2 nitrogen and oxygen atoms in total. The first-order valence-electron chi connectivity index (χ1n) is 5.52. The Morgan fingerprint density at radius 3 is 2.47 bits per heavy atom. The monoisotopic (exact) mass is 241 g/mol. The van der Waals surface area contributed by atoms with E-state index in [-0.39, 0.29) is 10.5 Å². The molecule has 0 saturated heterocycles. The van der Waals surface area contributed by atoms with Crippen molar-refractivity contribution in [3.8, 4) is 0 Å². The van der Waals surface area contributed by atoms with Gasteiger partial charge in [-0.05, 0) is 6.07 Å². The van der Waals surface area contributed by atoms with Gasteiger partial charge in [0.25, 0.3) is 0 Å². The van der Waals surface area contributed by atoms with E-state index >= 15 is 0 Å². The third-order valence-electron chi connectivity index (χ3n) is 2.77. The zero-order valence-corrected chi connectivity index (χ0v) is 10.2. The predicted molar refractivity (Wildman–Crippen MR) is 74.2 cm³/mol. The predicted octanol–water partition coefficient (Wildman–Crippen LogP) is 3.61. The van der Waals surface area contributed by atoms with Gasteiger partial charge in [0.15, 0.2) is 5.75 Å². The number of fused-ring (bicyclic) bond motifs is 1. The van der Waals surface area contributed by atoms with Crippen LogP contribution in [0.15, 0.2) is 54.6 Å². The smallest absolute Gasteiger partial charge is 0.338 e. The summed E-state index contributed by atoms with van der Waals surface area (Å²) in [5.41, 5.74) is 8.38. The Morgan fingerprint density at radius 1 is 0.941 bits per heavy atom. The van der Waals surface area contributed by atoms with Crippen molar-refractivity contribution in [2.24, 2.45) is 0 Å². The lowest BCUT2D eigenvalue weighted by atomic mass is 10.2. The Balaban J connectivity index is 2.08. The molecule has 1 aromatic heterocycles. The van der Waals surface area contributed by atoms with Gasteiger partial charge >= 0.3 is 5.13 Å². The minimum Gasteiger partial charge on any atom is -0.339 e. The number of anilines is 1. The topological polar surface area (TPSA) is 38.9 Å². The van der Waals surface area contributed by atoms with Crippen molar-refractivity contribution in [1.82, 2.24) is 4.98 Å². The Hall–Kier alpha value is -1.87. The lowest BCUT2D eigenvalue weighted by Gasteiger charge is -1.93. The summed E-state index contributed by atoms with van der Waals surface area (Å²) in [4.78, 5) is 4.44. The van der Waals surface area contributed by atoms with Crippen LogP contribution in [-0.2, 0) is 5.75 Å². The summed E-state index contributed by atoms with van der Waals surface area (Å²) in [6, 6.07) is 18.7. The number of hydrogen-bond donors (Lipinski definition) is 1. The van der Waals surface area contributed by atoms with Gasteiger partial charge in [0, 0.05) is 22.1 Å². The van der Waals surface area contributed by atoms with E-state index < -0.39 is 0 Å². The van der Waals surface area contributed by atoms with Gasteiger partial charge in [-0.15, -0.1) is 0 Å². The molecular formula is C14H13N2S+. The Bertz CT molecular complexity index is 644. The maximum atomic E-state index is 6.04. The first-order chi connectivity index (χ1) is 8.34. The largest absolute Gasteiger partial charge is 0.339 e. The van der Waals surface area contributed by atoms with Crippen molar-refractivity contribution >= 4 is 25.8 Å². The highest BCUT2D eigenvalue weighted by Gasteiger charge is 2.19. The fourth-order valence-electron chi connectivity index (χ4n) is 1.94. The summed E-state index contributed by atoms with van der Waals surface area (Å²) < 4.78 is 1.27. The number of nitrogens with two attached hydrogens (primary N) is 1. The average molecular weight is 241 g/mol. The summed E-state index contributed by atoms with van der Waals surface area (Å²) in [5, 5.41) is 0.759. The van der Waals surface area contributed by atoms with Crippen LogP contribution in [0.1, 0.15) is 5.56 Å². The van der Waals surface area contributed by atoms with Gasteiger partial charge in [-0.1, -0.05) is 42.5 Å². The number of hydrogen-bond acceptors (Lipinski definition) is 2. The van der Waals surface area contributed by atoms with E-state index in [1.54, 1.807) is 0 Å². The number of benzene rings is 2. The summed E-state index contributed by atoms with van der Waals surface area (Å²) in [5.74, 6) is 0.952. The molecular weight excluding hydrogens is 228 g/mol. The van der Waals surface area contributed by atoms with E-state index in [0.717, 1.165) is 16.4 Å². The third-order valence-corrected chi connectivity index (χ3v) is 4.86. The van der Waals surface area contributed by atoms with Crippen molar-refractivity contribution in [2.45, 2.75) is 5.75 Å². The number of thiazole rings is 1. The van der Waals surface area contributed by atoms with Crippen molar-refractivity contribution in [3.05, 3.63) is 60.2 Å². The van der Waals surface area contributed by atoms with Crippen molar-refractivity contribution in [1.29, 1.82) is 0 Å². The van der Waals surface area contributed by atoms with E-state index in [1.165, 1.54) is 10.3 Å². The molecule has 84 valence electrons. The van der Waals surface area contributed by atoms with Crippen molar-refractivity contribution in [3.63, 3.8) is 0 Å². The van der Waals surface area contributed by atoms with Gasteiger partial charge in [-0.3, -0.25) is 0 Å². The molecule has 0 radical (unpaired) electrons. The van der Waals surface area contributed by atoms with E-state index in [4.69, 9.17) is 5.73 Å². The maximum absolute atomic E-state index is 6.04. The van der Waals surface area contributed by atoms with E-state index in [1.807, 2.05) is 18.2 Å². The molecule has 1 unspecified atom stereocenters. The maximum Gasteiger partial charge on any atom is 0.338 e. The molecule has 0 amide bonds. The van der Waals surface area contributed by atoms with Gasteiger partial charge in [0.05, 0.1) is 0 Å². The lowest BCUT2D eigenvalue weighted by Crippen LogP contribution is -1.86. The minimum atomic E-state index is -0.0702. The average Bonchev–Trinajstić information content (AvgIpc) is 2.68. The Kier molecular flexibility index (Phi) is 2.53. The van der Waals surface area contributed by atoms with Crippen molar-refractivity contribution < 1.29 is 0 Å². The Labute approximate surface area is 103 Å². The van der Waals surface area contributed by atoms with Crippen LogP contribution in [0.4, 0.5) is 5.13 Å². The standard InChI is InChI=1S/C14H13N2S/c15-14-16-12-8-4-5-9-13(12)17(14)10-11-6-2-1-3-7-11/h1-9H,10H2,(H2,15,16)/q+1. The van der Waals surface area contributed by atoms with Gasteiger partial charge in [0.1, 0.15) is 5.52 Å². The van der Waals surface area contributed by atoms with Crippen LogP contribution in [0, 0.1) is 0 Å². The van der Waals surface area contributed by atoms with E-state index in [2.05, 4.69) is 41.4 Å². The Morgan fingerprint density at radius 2 is 1.65 bits per heavy atom. The van der Waals surface area contributed by atoms with Crippen LogP contribution >= 0.6 is 10.5 Å². The van der Waals surface area contributed by atoms with Crippen LogP contribution < -0.4 is 5.73 Å². The van der Waals surface area contributed by atoms with Gasteiger partial charge in [-0.25, -0.2) is 0 Å². The number of para-hydroxylation sites is 1. The fraction of sp³-hybridized carbons (Fsp3) is 0.0714. The van der Waals surface area contributed by atoms with Crippen LogP contribution in [0.2, 0.25) is 0 Å². The van der Waals surface area contributed by atoms with Crippen LogP contribution in [0.25, 0.3) is 10.2 Å². The highest BCUT2D eigenvalue weighted by Crippen LogP contribution is 2.38. The fourth-order valence-corrected chi connectivity index (χ4v) is 3.81. The molecule has 0 fully saturated rings. The molecule has 0 saturated carbocycles. The minimum absolute atomic E-state index is 0.0702. The number of nitrogen functional groups attached to an aromatic ring is 1. The molecule has 0 aliphatic rings. The van der Waals surface area contributed by atoms with E-state index in [9.17, 15) is 0 Å². The molecule has 0 aliphatic carbocycles. The second-order valence-corrected chi connectivity index (χ2v) is 5.87. The molecule has 0 aliphatic heterocycles. The quantitative estimate of drug-likeness (QED) is 0.696. The normalized spacial score (nSPS) is 11.9. The highest BCUT2D eigenvalue weighted by atomic mass is 32.2. The molecule has 0 bridgehead atoms. The number of nitrogens with zero attached hydrogens (tertiary/aromatic N) is 1. The molecule has 2 aromatic carbocycles. The number of rotatable bonds is 2. The second-order valence-electron chi connectivity index (χ2n) is 3.94. The molecule has 2 N–H and O–H groups in total. The SMILES string of the molecule is Nc1nc2ccccc2[s+]1Cc1ccccc1. The van der Waals surface area contributed by atoms with Gasteiger partial charge in [-0.2, -0.15) is 4.98 Å². The first-order valence-corrected chi connectivity index (χ1v) is 6.92. The molecule has 3 aromatic rings. The zero-order chi connectivity index (χ0) is 11.7. The zero-order valence-electron chi connectivity index (χ0n) is 9.34. The molecule has 1 atom stereocenters. The molecule has 0 spiro atoms. The molecule has 3 rings (SSSR count). The second kappa shape index (κ2) is 4.18. The van der Waals surface area contributed by atoms with Crippen molar-refractivity contribution in [2.75, 3.05) is 5.73 Å². The summed E-state index contributed by atoms with van der Waals surface area (Å²) in [7, 11) is -0.0702. The molecule has 3 heteroatoms. The third kappa shape index (κ3) is 1.89. The van der Waals surface area contributed by atoms with Gasteiger partial charge < -0.3 is 5.73 Å². The van der Waals surface area contributed by atoms with Crippen LogP contribution in [-0.4, -0.2) is 4.98 Å².